The maximum Gasteiger partial charge on any atom is 0.257 e. The average Bonchev–Trinajstić information content (AvgIpc) is 2.81. The number of H-pyrrole nitrogens is 1. The number of hydrogen-bond donors (Lipinski definition) is 1. The molecule has 0 radical (unpaired) electrons. The number of hydrogen-bond acceptors (Lipinski definition) is 3. The van der Waals surface area contributed by atoms with Crippen LogP contribution in [-0.4, -0.2) is 17.3 Å². The van der Waals surface area contributed by atoms with Gasteiger partial charge in [0.15, 0.2) is 0 Å². The van der Waals surface area contributed by atoms with E-state index in [4.69, 9.17) is 4.84 Å². The van der Waals surface area contributed by atoms with E-state index in [2.05, 4.69) is 10.1 Å². The number of nitrogens with one attached hydrogen (secondary N) is 1. The summed E-state index contributed by atoms with van der Waals surface area (Å²) in [5.74, 6) is 0. The molecule has 0 atom stereocenters. The van der Waals surface area contributed by atoms with Gasteiger partial charge in [0, 0.05) is 11.9 Å². The quantitative estimate of drug-likeness (QED) is 0.784. The fraction of sp³-hybridized carbons (Fsp3) is 0.167. The molecule has 0 unspecified atom stereocenters. The lowest BCUT2D eigenvalue weighted by molar-refractivity contribution is 0.174. The molecule has 1 N–H and O–H groups in total. The lowest BCUT2D eigenvalue weighted by Crippen LogP contribution is -2.17. The van der Waals surface area contributed by atoms with Gasteiger partial charge in [0.1, 0.15) is 6.61 Å². The summed E-state index contributed by atoms with van der Waals surface area (Å²) in [4.78, 5) is 19.6. The maximum atomic E-state index is 11.8. The van der Waals surface area contributed by atoms with Gasteiger partial charge in [-0.15, -0.1) is 0 Å². The second-order valence-corrected chi connectivity index (χ2v) is 3.72. The first-order valence-electron chi connectivity index (χ1n) is 5.16. The highest BCUT2D eigenvalue weighted by Crippen LogP contribution is 2.13. The Morgan fingerprint density at radius 2 is 2.19 bits per heavy atom. The lowest BCUT2D eigenvalue weighted by Gasteiger charge is -2.01. The van der Waals surface area contributed by atoms with Gasteiger partial charge in [-0.2, -0.15) is 0 Å². The van der Waals surface area contributed by atoms with Crippen molar-refractivity contribution in [1.82, 2.24) is 4.98 Å². The zero-order chi connectivity index (χ0) is 11.0. The largest absolute Gasteiger partial charge is 0.395 e. The third-order valence-electron chi connectivity index (χ3n) is 2.67. The molecule has 1 aliphatic heterocycles. The number of fused-ring (bicyclic) bond motifs is 1. The molecular formula is C12H10N2O2. The Balaban J connectivity index is 2.25. The molecular weight excluding hydrogens is 204 g/mol. The van der Waals surface area contributed by atoms with Gasteiger partial charge in [0.2, 0.25) is 0 Å². The summed E-state index contributed by atoms with van der Waals surface area (Å²) in [6.45, 7) is 0.557. The number of benzene rings is 1. The van der Waals surface area contributed by atoms with Crippen molar-refractivity contribution in [3.05, 3.63) is 46.2 Å². The van der Waals surface area contributed by atoms with Crippen LogP contribution in [0.1, 0.15) is 12.0 Å². The minimum Gasteiger partial charge on any atom is -0.395 e. The minimum absolute atomic E-state index is 0.108. The van der Waals surface area contributed by atoms with E-state index < -0.39 is 0 Å². The van der Waals surface area contributed by atoms with E-state index in [0.29, 0.717) is 18.6 Å². The predicted octanol–water partition coefficient (Wildman–Crippen LogP) is 1.65. The molecule has 0 saturated carbocycles. The Hall–Kier alpha value is -2.10. The van der Waals surface area contributed by atoms with Crippen LogP contribution >= 0.6 is 0 Å². The second kappa shape index (κ2) is 3.48. The van der Waals surface area contributed by atoms with Crippen LogP contribution in [0.3, 0.4) is 0 Å². The van der Waals surface area contributed by atoms with Crippen LogP contribution in [0.25, 0.3) is 10.9 Å². The van der Waals surface area contributed by atoms with Gasteiger partial charge >= 0.3 is 0 Å². The number of rotatable bonds is 1. The van der Waals surface area contributed by atoms with Crippen molar-refractivity contribution in [3.8, 4) is 0 Å². The minimum atomic E-state index is -0.108. The first kappa shape index (κ1) is 9.15. The van der Waals surface area contributed by atoms with Gasteiger partial charge in [-0.25, -0.2) is 0 Å². The van der Waals surface area contributed by atoms with E-state index in [1.54, 1.807) is 0 Å². The molecule has 4 nitrogen and oxygen atoms in total. The van der Waals surface area contributed by atoms with Crippen LogP contribution in [0.15, 0.2) is 40.3 Å². The van der Waals surface area contributed by atoms with Crippen molar-refractivity contribution in [3.63, 3.8) is 0 Å². The third-order valence-corrected chi connectivity index (χ3v) is 2.67. The Morgan fingerprint density at radius 1 is 1.31 bits per heavy atom. The lowest BCUT2D eigenvalue weighted by atomic mass is 10.1. The summed E-state index contributed by atoms with van der Waals surface area (Å²) in [5.41, 5.74) is 2.07. The molecule has 0 saturated heterocycles. The van der Waals surface area contributed by atoms with Crippen LogP contribution in [0.2, 0.25) is 0 Å². The van der Waals surface area contributed by atoms with E-state index in [1.807, 2.05) is 30.3 Å². The van der Waals surface area contributed by atoms with Crippen molar-refractivity contribution >= 4 is 16.6 Å². The molecule has 3 rings (SSSR count). The number of para-hydroxylation sites is 1. The summed E-state index contributed by atoms with van der Waals surface area (Å²) in [6, 6.07) is 9.55. The maximum absolute atomic E-state index is 11.8. The number of oxime groups is 1. The highest BCUT2D eigenvalue weighted by Gasteiger charge is 2.14. The molecule has 1 aromatic heterocycles. The molecule has 80 valence electrons. The van der Waals surface area contributed by atoms with Gasteiger partial charge in [-0.05, 0) is 17.5 Å². The van der Waals surface area contributed by atoms with E-state index >= 15 is 0 Å². The smallest absolute Gasteiger partial charge is 0.257 e. The summed E-state index contributed by atoms with van der Waals surface area (Å²) in [7, 11) is 0. The summed E-state index contributed by atoms with van der Waals surface area (Å²) in [5, 5.41) is 4.88. The molecule has 1 aliphatic rings. The number of pyridine rings is 1. The molecule has 16 heavy (non-hydrogen) atoms. The van der Waals surface area contributed by atoms with Crippen molar-refractivity contribution in [1.29, 1.82) is 0 Å². The zero-order valence-corrected chi connectivity index (χ0v) is 8.56. The highest BCUT2D eigenvalue weighted by molar-refractivity contribution is 6.02. The fourth-order valence-electron chi connectivity index (χ4n) is 1.86. The normalized spacial score (nSPS) is 14.9. The number of aromatic amines is 1. The van der Waals surface area contributed by atoms with E-state index in [1.165, 1.54) is 0 Å². The highest BCUT2D eigenvalue weighted by atomic mass is 16.6. The van der Waals surface area contributed by atoms with Gasteiger partial charge in [-0.3, -0.25) is 4.79 Å². The molecule has 4 heteroatoms. The Labute approximate surface area is 91.5 Å². The van der Waals surface area contributed by atoms with E-state index in [-0.39, 0.29) is 5.56 Å². The summed E-state index contributed by atoms with van der Waals surface area (Å²) < 4.78 is 0. The molecule has 0 amide bonds. The van der Waals surface area contributed by atoms with E-state index in [0.717, 1.165) is 16.6 Å². The summed E-state index contributed by atoms with van der Waals surface area (Å²) >= 11 is 0. The van der Waals surface area contributed by atoms with Gasteiger partial charge in [0.05, 0.1) is 11.3 Å². The SMILES string of the molecule is O=c1[nH]c2ccccc2cc1C1=NOCC1. The van der Waals surface area contributed by atoms with Crippen molar-refractivity contribution in [2.45, 2.75) is 6.42 Å². The first-order valence-corrected chi connectivity index (χ1v) is 5.16. The molecule has 1 aromatic carbocycles. The topological polar surface area (TPSA) is 54.5 Å². The molecule has 0 aliphatic carbocycles. The van der Waals surface area contributed by atoms with Gasteiger partial charge in [0.25, 0.3) is 5.56 Å². The standard InChI is InChI=1S/C12H10N2O2/c15-12-9(11-5-6-16-14-11)7-8-3-1-2-4-10(8)13-12/h1-4,7H,5-6H2,(H,13,15). The van der Waals surface area contributed by atoms with Crippen LogP contribution < -0.4 is 5.56 Å². The summed E-state index contributed by atoms with van der Waals surface area (Å²) in [6.07, 6.45) is 0.696. The zero-order valence-electron chi connectivity index (χ0n) is 8.56. The van der Waals surface area contributed by atoms with E-state index in [9.17, 15) is 4.79 Å². The first-order chi connectivity index (χ1) is 7.84. The van der Waals surface area contributed by atoms with Crippen molar-refractivity contribution in [2.75, 3.05) is 6.61 Å². The van der Waals surface area contributed by atoms with Crippen LogP contribution in [-0.2, 0) is 4.84 Å². The van der Waals surface area contributed by atoms with Crippen LogP contribution in [0, 0.1) is 0 Å². The number of nitrogens with zero attached hydrogens (tertiary/aromatic N) is 1. The Kier molecular flexibility index (Phi) is 1.99. The molecule has 0 spiro atoms. The molecule has 0 bridgehead atoms. The van der Waals surface area contributed by atoms with Crippen LogP contribution in [0.5, 0.6) is 0 Å². The second-order valence-electron chi connectivity index (χ2n) is 3.72. The molecule has 0 fully saturated rings. The van der Waals surface area contributed by atoms with Gasteiger partial charge < -0.3 is 9.82 Å². The molecule has 2 aromatic rings. The average molecular weight is 214 g/mol. The van der Waals surface area contributed by atoms with Gasteiger partial charge in [-0.1, -0.05) is 23.4 Å². The van der Waals surface area contributed by atoms with Crippen LogP contribution in [0.4, 0.5) is 0 Å². The van der Waals surface area contributed by atoms with Crippen molar-refractivity contribution < 1.29 is 4.84 Å². The monoisotopic (exact) mass is 214 g/mol. The number of aromatic nitrogens is 1. The molecule has 2 heterocycles. The Morgan fingerprint density at radius 3 is 3.00 bits per heavy atom. The van der Waals surface area contributed by atoms with Crippen molar-refractivity contribution in [2.24, 2.45) is 5.16 Å². The fourth-order valence-corrected chi connectivity index (χ4v) is 1.86. The Bertz CT molecular complexity index is 628. The third kappa shape index (κ3) is 1.39. The predicted molar refractivity (Wildman–Crippen MR) is 61.7 cm³/mol.